The van der Waals surface area contributed by atoms with Gasteiger partial charge in [-0.2, -0.15) is 0 Å². The van der Waals surface area contributed by atoms with E-state index in [1.165, 1.54) is 12.1 Å². The molecule has 0 bridgehead atoms. The van der Waals surface area contributed by atoms with Crippen LogP contribution < -0.4 is 0 Å². The highest BCUT2D eigenvalue weighted by molar-refractivity contribution is 5.70. The molecule has 0 heterocycles. The Balaban J connectivity index is 2.50. The Morgan fingerprint density at radius 3 is 2.72 bits per heavy atom. The van der Waals surface area contributed by atoms with Gasteiger partial charge < -0.3 is 5.11 Å². The van der Waals surface area contributed by atoms with E-state index in [-0.39, 0.29) is 5.82 Å². The highest BCUT2D eigenvalue weighted by Crippen LogP contribution is 2.17. The molecule has 0 radical (unpaired) electrons. The van der Waals surface area contributed by atoms with Gasteiger partial charge in [0.1, 0.15) is 5.82 Å². The van der Waals surface area contributed by atoms with Gasteiger partial charge in [0, 0.05) is 0 Å². The van der Waals surface area contributed by atoms with Crippen LogP contribution in [0.4, 0.5) is 4.39 Å². The fourth-order valence-electron chi connectivity index (χ4n) is 2.08. The van der Waals surface area contributed by atoms with Crippen LogP contribution in [0, 0.1) is 11.7 Å². The van der Waals surface area contributed by atoms with Crippen LogP contribution in [0.3, 0.4) is 0 Å². The summed E-state index contributed by atoms with van der Waals surface area (Å²) in [6.07, 6.45) is 5.38. The van der Waals surface area contributed by atoms with E-state index < -0.39 is 11.9 Å². The van der Waals surface area contributed by atoms with Gasteiger partial charge in [-0.1, -0.05) is 44.7 Å². The molecule has 0 saturated carbocycles. The lowest BCUT2D eigenvalue weighted by atomic mass is 9.93. The molecule has 100 valence electrons. The number of hydrogen-bond donors (Lipinski definition) is 1. The largest absolute Gasteiger partial charge is 0.481 e. The van der Waals surface area contributed by atoms with Crippen molar-refractivity contribution in [3.63, 3.8) is 0 Å². The average molecular weight is 252 g/mol. The first kappa shape index (κ1) is 14.7. The van der Waals surface area contributed by atoms with E-state index in [9.17, 15) is 9.18 Å². The minimum absolute atomic E-state index is 0.303. The summed E-state index contributed by atoms with van der Waals surface area (Å²) in [7, 11) is 0. The third kappa shape index (κ3) is 5.30. The molecule has 0 aliphatic carbocycles. The fraction of sp³-hybridized carbons (Fsp3) is 0.533. The Bertz CT molecular complexity index is 377. The highest BCUT2D eigenvalue weighted by atomic mass is 19.1. The SMILES string of the molecule is CCCCCCC(Cc1cccc(F)c1)C(=O)O. The highest BCUT2D eigenvalue weighted by Gasteiger charge is 2.17. The van der Waals surface area contributed by atoms with Crippen LogP contribution in [0.15, 0.2) is 24.3 Å². The molecular formula is C15H21FO2. The summed E-state index contributed by atoms with van der Waals surface area (Å²) in [4.78, 5) is 11.2. The van der Waals surface area contributed by atoms with Crippen molar-refractivity contribution >= 4 is 5.97 Å². The van der Waals surface area contributed by atoms with Crippen molar-refractivity contribution in [3.8, 4) is 0 Å². The number of unbranched alkanes of at least 4 members (excludes halogenated alkanes) is 3. The summed E-state index contributed by atoms with van der Waals surface area (Å²) in [6.45, 7) is 2.13. The summed E-state index contributed by atoms with van der Waals surface area (Å²) in [5, 5.41) is 9.17. The van der Waals surface area contributed by atoms with E-state index in [1.54, 1.807) is 12.1 Å². The zero-order chi connectivity index (χ0) is 13.4. The van der Waals surface area contributed by atoms with Crippen molar-refractivity contribution in [2.45, 2.75) is 45.4 Å². The molecule has 0 aromatic heterocycles. The van der Waals surface area contributed by atoms with Gasteiger partial charge in [0.25, 0.3) is 0 Å². The van der Waals surface area contributed by atoms with Crippen molar-refractivity contribution < 1.29 is 14.3 Å². The molecule has 1 aromatic carbocycles. The number of carbonyl (C=O) groups is 1. The molecule has 0 amide bonds. The summed E-state index contributed by atoms with van der Waals surface area (Å²) in [5.74, 6) is -1.48. The first-order valence-corrected chi connectivity index (χ1v) is 6.60. The second-order valence-electron chi connectivity index (χ2n) is 4.72. The zero-order valence-electron chi connectivity index (χ0n) is 10.9. The van der Waals surface area contributed by atoms with Crippen molar-refractivity contribution in [1.29, 1.82) is 0 Å². The van der Waals surface area contributed by atoms with E-state index in [2.05, 4.69) is 6.92 Å². The number of carboxylic acid groups (broad SMARTS) is 1. The minimum Gasteiger partial charge on any atom is -0.481 e. The lowest BCUT2D eigenvalue weighted by Crippen LogP contribution is -2.16. The third-order valence-corrected chi connectivity index (χ3v) is 3.13. The molecule has 18 heavy (non-hydrogen) atoms. The number of rotatable bonds is 8. The lowest BCUT2D eigenvalue weighted by Gasteiger charge is -2.12. The zero-order valence-corrected chi connectivity index (χ0v) is 10.9. The molecule has 1 aromatic rings. The summed E-state index contributed by atoms with van der Waals surface area (Å²) in [6, 6.07) is 6.20. The molecule has 1 rings (SSSR count). The van der Waals surface area contributed by atoms with Crippen LogP contribution in [-0.4, -0.2) is 11.1 Å². The second kappa shape index (κ2) is 7.85. The van der Waals surface area contributed by atoms with Crippen molar-refractivity contribution in [2.24, 2.45) is 5.92 Å². The molecule has 1 N–H and O–H groups in total. The van der Waals surface area contributed by atoms with Gasteiger partial charge in [0.05, 0.1) is 5.92 Å². The number of aliphatic carboxylic acids is 1. The van der Waals surface area contributed by atoms with Gasteiger partial charge in [0.15, 0.2) is 0 Å². The summed E-state index contributed by atoms with van der Waals surface area (Å²) >= 11 is 0. The normalized spacial score (nSPS) is 12.3. The van der Waals surface area contributed by atoms with Crippen LogP contribution in [0.1, 0.15) is 44.6 Å². The smallest absolute Gasteiger partial charge is 0.306 e. The monoisotopic (exact) mass is 252 g/mol. The molecule has 0 aliphatic heterocycles. The van der Waals surface area contributed by atoms with Gasteiger partial charge in [-0.3, -0.25) is 4.79 Å². The van der Waals surface area contributed by atoms with E-state index >= 15 is 0 Å². The van der Waals surface area contributed by atoms with Crippen molar-refractivity contribution in [3.05, 3.63) is 35.6 Å². The van der Waals surface area contributed by atoms with Crippen molar-refractivity contribution in [2.75, 3.05) is 0 Å². The Kier molecular flexibility index (Phi) is 6.40. The standard InChI is InChI=1S/C15H21FO2/c1-2-3-4-5-8-13(15(17)18)10-12-7-6-9-14(16)11-12/h6-7,9,11,13H,2-5,8,10H2,1H3,(H,17,18). The van der Waals surface area contributed by atoms with E-state index in [4.69, 9.17) is 5.11 Å². The van der Waals surface area contributed by atoms with Gasteiger partial charge in [-0.25, -0.2) is 4.39 Å². The first-order chi connectivity index (χ1) is 8.63. The van der Waals surface area contributed by atoms with Gasteiger partial charge in [0.2, 0.25) is 0 Å². The predicted molar refractivity (Wildman–Crippen MR) is 70.0 cm³/mol. The summed E-state index contributed by atoms with van der Waals surface area (Å²) in [5.41, 5.74) is 0.762. The maximum absolute atomic E-state index is 13.0. The maximum atomic E-state index is 13.0. The van der Waals surface area contributed by atoms with Crippen LogP contribution in [0.5, 0.6) is 0 Å². The second-order valence-corrected chi connectivity index (χ2v) is 4.72. The maximum Gasteiger partial charge on any atom is 0.306 e. The predicted octanol–water partition coefficient (Wildman–Crippen LogP) is 4.04. The van der Waals surface area contributed by atoms with Gasteiger partial charge in [-0.15, -0.1) is 0 Å². The molecule has 0 spiro atoms. The number of halogens is 1. The average Bonchev–Trinajstić information content (AvgIpc) is 2.33. The Morgan fingerprint density at radius 1 is 1.33 bits per heavy atom. The number of carboxylic acids is 1. The lowest BCUT2D eigenvalue weighted by molar-refractivity contribution is -0.142. The van der Waals surface area contributed by atoms with Gasteiger partial charge >= 0.3 is 5.97 Å². The molecular weight excluding hydrogens is 231 g/mol. The quantitative estimate of drug-likeness (QED) is 0.709. The minimum atomic E-state index is -0.782. The number of hydrogen-bond acceptors (Lipinski definition) is 1. The first-order valence-electron chi connectivity index (χ1n) is 6.60. The third-order valence-electron chi connectivity index (χ3n) is 3.13. The summed E-state index contributed by atoms with van der Waals surface area (Å²) < 4.78 is 13.0. The van der Waals surface area contributed by atoms with Crippen LogP contribution in [0.2, 0.25) is 0 Å². The Morgan fingerprint density at radius 2 is 2.11 bits per heavy atom. The molecule has 0 fully saturated rings. The molecule has 2 nitrogen and oxygen atoms in total. The molecule has 0 aliphatic rings. The fourth-order valence-corrected chi connectivity index (χ4v) is 2.08. The van der Waals surface area contributed by atoms with E-state index in [0.717, 1.165) is 31.2 Å². The molecule has 1 atom stereocenters. The van der Waals surface area contributed by atoms with Crippen molar-refractivity contribution in [1.82, 2.24) is 0 Å². The van der Waals surface area contributed by atoms with E-state index in [1.807, 2.05) is 0 Å². The number of benzene rings is 1. The van der Waals surface area contributed by atoms with Crippen LogP contribution >= 0.6 is 0 Å². The van der Waals surface area contributed by atoms with E-state index in [0.29, 0.717) is 12.8 Å². The van der Waals surface area contributed by atoms with Crippen LogP contribution in [0.25, 0.3) is 0 Å². The Labute approximate surface area is 108 Å². The topological polar surface area (TPSA) is 37.3 Å². The molecule has 0 saturated heterocycles. The Hall–Kier alpha value is -1.38. The molecule has 3 heteroatoms. The van der Waals surface area contributed by atoms with Crippen LogP contribution in [-0.2, 0) is 11.2 Å². The molecule has 1 unspecified atom stereocenters. The van der Waals surface area contributed by atoms with Gasteiger partial charge in [-0.05, 0) is 30.5 Å².